The molecule has 2 aromatic heterocycles. The topological polar surface area (TPSA) is 53.9 Å². The molecule has 5 nitrogen and oxygen atoms in total. The SMILES string of the molecule is O=c1[nH]c(-n2cccc2)nc2ccc(N3CCCC3)cc12. The monoisotopic (exact) mass is 280 g/mol. The van der Waals surface area contributed by atoms with Gasteiger partial charge in [-0.1, -0.05) is 0 Å². The van der Waals surface area contributed by atoms with E-state index in [4.69, 9.17) is 0 Å². The van der Waals surface area contributed by atoms with Gasteiger partial charge < -0.3 is 4.90 Å². The predicted octanol–water partition coefficient (Wildman–Crippen LogP) is 2.31. The van der Waals surface area contributed by atoms with E-state index in [0.29, 0.717) is 11.3 Å². The molecule has 21 heavy (non-hydrogen) atoms. The highest BCUT2D eigenvalue weighted by Crippen LogP contribution is 2.23. The molecule has 1 fully saturated rings. The van der Waals surface area contributed by atoms with Crippen LogP contribution < -0.4 is 10.5 Å². The molecule has 1 aliphatic rings. The number of fused-ring (bicyclic) bond motifs is 1. The summed E-state index contributed by atoms with van der Waals surface area (Å²) in [7, 11) is 0. The summed E-state index contributed by atoms with van der Waals surface area (Å²) >= 11 is 0. The minimum Gasteiger partial charge on any atom is -0.372 e. The van der Waals surface area contributed by atoms with Crippen LogP contribution >= 0.6 is 0 Å². The lowest BCUT2D eigenvalue weighted by atomic mass is 10.2. The van der Waals surface area contributed by atoms with E-state index in [1.165, 1.54) is 12.8 Å². The second-order valence-electron chi connectivity index (χ2n) is 5.38. The van der Waals surface area contributed by atoms with Crippen molar-refractivity contribution in [2.75, 3.05) is 18.0 Å². The van der Waals surface area contributed by atoms with Gasteiger partial charge in [-0.2, -0.15) is 0 Å². The van der Waals surface area contributed by atoms with Crippen molar-refractivity contribution in [3.63, 3.8) is 0 Å². The average Bonchev–Trinajstić information content (AvgIpc) is 3.20. The zero-order valence-electron chi connectivity index (χ0n) is 11.6. The van der Waals surface area contributed by atoms with Gasteiger partial charge in [-0.3, -0.25) is 14.3 Å². The van der Waals surface area contributed by atoms with Crippen LogP contribution in [-0.4, -0.2) is 27.6 Å². The maximum atomic E-state index is 12.3. The van der Waals surface area contributed by atoms with Gasteiger partial charge in [-0.15, -0.1) is 0 Å². The number of nitrogens with one attached hydrogen (secondary N) is 1. The molecule has 3 heterocycles. The third-order valence-electron chi connectivity index (χ3n) is 4.00. The van der Waals surface area contributed by atoms with E-state index < -0.39 is 0 Å². The van der Waals surface area contributed by atoms with Crippen molar-refractivity contribution in [1.82, 2.24) is 14.5 Å². The van der Waals surface area contributed by atoms with E-state index in [9.17, 15) is 4.79 Å². The maximum absolute atomic E-state index is 12.3. The van der Waals surface area contributed by atoms with Crippen LogP contribution in [0, 0.1) is 0 Å². The summed E-state index contributed by atoms with van der Waals surface area (Å²) in [5, 5.41) is 0.648. The van der Waals surface area contributed by atoms with E-state index in [0.717, 1.165) is 24.3 Å². The fourth-order valence-electron chi connectivity index (χ4n) is 2.88. The first-order chi connectivity index (χ1) is 10.3. The number of aromatic nitrogens is 3. The second kappa shape index (κ2) is 4.77. The van der Waals surface area contributed by atoms with Crippen molar-refractivity contribution in [2.24, 2.45) is 0 Å². The lowest BCUT2D eigenvalue weighted by Crippen LogP contribution is -2.18. The minimum absolute atomic E-state index is 0.0928. The normalized spacial score (nSPS) is 15.0. The quantitative estimate of drug-likeness (QED) is 0.783. The standard InChI is InChI=1S/C16H16N4O/c21-15-13-11-12(19-7-1-2-8-19)5-6-14(13)17-16(18-15)20-9-3-4-10-20/h3-6,9-11H,1-2,7-8H2,(H,17,18,21). The molecule has 0 bridgehead atoms. The first-order valence-electron chi connectivity index (χ1n) is 7.24. The van der Waals surface area contributed by atoms with E-state index in [1.807, 2.05) is 36.7 Å². The van der Waals surface area contributed by atoms with Gasteiger partial charge in [-0.25, -0.2) is 4.98 Å². The second-order valence-corrected chi connectivity index (χ2v) is 5.38. The van der Waals surface area contributed by atoms with Gasteiger partial charge in [0.25, 0.3) is 5.56 Å². The van der Waals surface area contributed by atoms with Crippen LogP contribution in [0.15, 0.2) is 47.5 Å². The highest BCUT2D eigenvalue weighted by molar-refractivity contribution is 5.82. The minimum atomic E-state index is -0.0928. The molecule has 4 rings (SSSR count). The molecule has 1 N–H and O–H groups in total. The van der Waals surface area contributed by atoms with Crippen LogP contribution in [0.5, 0.6) is 0 Å². The highest BCUT2D eigenvalue weighted by Gasteiger charge is 2.14. The first kappa shape index (κ1) is 12.2. The average molecular weight is 280 g/mol. The number of hydrogen-bond acceptors (Lipinski definition) is 3. The number of nitrogens with zero attached hydrogens (tertiary/aromatic N) is 3. The Kier molecular flexibility index (Phi) is 2.77. The van der Waals surface area contributed by atoms with Crippen LogP contribution in [0.3, 0.4) is 0 Å². The van der Waals surface area contributed by atoms with E-state index in [-0.39, 0.29) is 5.56 Å². The van der Waals surface area contributed by atoms with Crippen molar-refractivity contribution in [3.8, 4) is 5.95 Å². The van der Waals surface area contributed by atoms with E-state index in [2.05, 4.69) is 20.9 Å². The Hall–Kier alpha value is -2.56. The summed E-state index contributed by atoms with van der Waals surface area (Å²) in [5.41, 5.74) is 1.75. The molecule has 1 aromatic carbocycles. The lowest BCUT2D eigenvalue weighted by Gasteiger charge is -2.17. The zero-order chi connectivity index (χ0) is 14.2. The summed E-state index contributed by atoms with van der Waals surface area (Å²) in [6, 6.07) is 9.75. The van der Waals surface area contributed by atoms with Crippen LogP contribution in [0.25, 0.3) is 16.9 Å². The number of anilines is 1. The number of benzene rings is 1. The molecule has 0 aliphatic carbocycles. The zero-order valence-corrected chi connectivity index (χ0v) is 11.6. The van der Waals surface area contributed by atoms with Gasteiger partial charge in [0.2, 0.25) is 5.95 Å². The Balaban J connectivity index is 1.84. The Morgan fingerprint density at radius 2 is 1.86 bits per heavy atom. The molecule has 1 aliphatic heterocycles. The van der Waals surface area contributed by atoms with Crippen molar-refractivity contribution in [2.45, 2.75) is 12.8 Å². The van der Waals surface area contributed by atoms with E-state index >= 15 is 0 Å². The van der Waals surface area contributed by atoms with Gasteiger partial charge in [0.05, 0.1) is 10.9 Å². The lowest BCUT2D eigenvalue weighted by molar-refractivity contribution is 0.937. The Morgan fingerprint density at radius 3 is 2.62 bits per heavy atom. The highest BCUT2D eigenvalue weighted by atomic mass is 16.1. The van der Waals surface area contributed by atoms with Crippen molar-refractivity contribution >= 4 is 16.6 Å². The third kappa shape index (κ3) is 2.11. The summed E-state index contributed by atoms with van der Waals surface area (Å²) < 4.78 is 1.80. The molecular formula is C16H16N4O. The van der Waals surface area contributed by atoms with Gasteiger partial charge >= 0.3 is 0 Å². The summed E-state index contributed by atoms with van der Waals surface area (Å²) in [4.78, 5) is 22.0. The van der Waals surface area contributed by atoms with Gasteiger partial charge in [0, 0.05) is 31.2 Å². The molecule has 0 unspecified atom stereocenters. The smallest absolute Gasteiger partial charge is 0.260 e. The molecule has 106 valence electrons. The Morgan fingerprint density at radius 1 is 1.10 bits per heavy atom. The third-order valence-corrected chi connectivity index (χ3v) is 4.00. The van der Waals surface area contributed by atoms with Crippen molar-refractivity contribution in [1.29, 1.82) is 0 Å². The van der Waals surface area contributed by atoms with Crippen LogP contribution in [0.4, 0.5) is 5.69 Å². The summed E-state index contributed by atoms with van der Waals surface area (Å²) in [5.74, 6) is 0.548. The van der Waals surface area contributed by atoms with E-state index in [1.54, 1.807) is 4.57 Å². The number of H-pyrrole nitrogens is 1. The van der Waals surface area contributed by atoms with Gasteiger partial charge in [-0.05, 0) is 43.2 Å². The van der Waals surface area contributed by atoms with Crippen molar-refractivity contribution < 1.29 is 0 Å². The first-order valence-corrected chi connectivity index (χ1v) is 7.24. The fraction of sp³-hybridized carbons (Fsp3) is 0.250. The predicted molar refractivity (Wildman–Crippen MR) is 83.1 cm³/mol. The molecule has 0 spiro atoms. The van der Waals surface area contributed by atoms with Crippen LogP contribution in [0.1, 0.15) is 12.8 Å². The Labute approximate surface area is 121 Å². The summed E-state index contributed by atoms with van der Waals surface area (Å²) in [6.45, 7) is 2.14. The van der Waals surface area contributed by atoms with Gasteiger partial charge in [0.15, 0.2) is 0 Å². The van der Waals surface area contributed by atoms with Crippen LogP contribution in [-0.2, 0) is 0 Å². The van der Waals surface area contributed by atoms with Gasteiger partial charge in [0.1, 0.15) is 0 Å². The van der Waals surface area contributed by atoms with Crippen molar-refractivity contribution in [3.05, 3.63) is 53.1 Å². The molecule has 0 atom stereocenters. The molecule has 0 amide bonds. The van der Waals surface area contributed by atoms with Crippen LogP contribution in [0.2, 0.25) is 0 Å². The maximum Gasteiger partial charge on any atom is 0.260 e. The number of aromatic amines is 1. The molecule has 0 radical (unpaired) electrons. The number of rotatable bonds is 2. The molecule has 0 saturated carbocycles. The Bertz CT molecular complexity index is 829. The number of hydrogen-bond donors (Lipinski definition) is 1. The molecular weight excluding hydrogens is 264 g/mol. The molecule has 1 saturated heterocycles. The fourth-order valence-corrected chi connectivity index (χ4v) is 2.88. The molecule has 3 aromatic rings. The summed E-state index contributed by atoms with van der Waals surface area (Å²) in [6.07, 6.45) is 6.17. The largest absolute Gasteiger partial charge is 0.372 e. The molecule has 5 heteroatoms.